The van der Waals surface area contributed by atoms with Crippen LogP contribution in [0.25, 0.3) is 72.4 Å². The molecule has 1 unspecified atom stereocenters. The predicted octanol–water partition coefficient (Wildman–Crippen LogP) is 13.3. The second-order valence-electron chi connectivity index (χ2n) is 20.2. The Morgan fingerprint density at radius 2 is 1.35 bits per heavy atom. The van der Waals surface area contributed by atoms with Crippen molar-refractivity contribution in [2.24, 2.45) is 5.92 Å². The number of hydrogen-bond acceptors (Lipinski definition) is 1. The van der Waals surface area contributed by atoms with Crippen LogP contribution in [-0.2, 0) is 12.1 Å². The fourth-order valence-corrected chi connectivity index (χ4v) is 12.8. The monoisotopic (exact) mass is 827 g/mol. The van der Waals surface area contributed by atoms with Gasteiger partial charge in [-0.3, -0.25) is 0 Å². The third-order valence-electron chi connectivity index (χ3n) is 13.8. The van der Waals surface area contributed by atoms with E-state index < -0.39 is 13.7 Å². The lowest BCUT2D eigenvalue weighted by Crippen LogP contribution is -2.72. The molecule has 308 valence electrons. The Labute approximate surface area is 367 Å². The molecule has 5 heterocycles. The van der Waals surface area contributed by atoms with Gasteiger partial charge in [-0.25, -0.2) is 0 Å². The number of aromatic nitrogens is 3. The smallest absolute Gasteiger partial charge is 0.364 e. The van der Waals surface area contributed by atoms with Crippen LogP contribution in [0.1, 0.15) is 86.8 Å². The molecule has 3 aromatic heterocycles. The molecule has 0 saturated heterocycles. The van der Waals surface area contributed by atoms with Gasteiger partial charge in [0.1, 0.15) is 16.8 Å². The van der Waals surface area contributed by atoms with Crippen molar-refractivity contribution in [3.05, 3.63) is 167 Å². The SMILES string of the molecule is Cc1ccc2c(c1)-c1cc(CC(C)C)c([Si](C)(C)C)c[n+]1C21c2ccc3c(oc4ccccc43)c2-c2n(-c3c(C(C)C)cc(-c4ccccc4)cc3C(C)C)c3ccccc3[n+]21. The molecule has 2 aliphatic rings. The summed E-state index contributed by atoms with van der Waals surface area (Å²) in [4.78, 5) is 0. The molecule has 5 heteroatoms. The van der Waals surface area contributed by atoms with Crippen molar-refractivity contribution in [2.75, 3.05) is 0 Å². The molecular weight excluding hydrogens is 771 g/mol. The fraction of sp³-hybridized carbons (Fsp3) is 0.263. The number of aryl methyl sites for hydroxylation is 1. The van der Waals surface area contributed by atoms with Crippen molar-refractivity contribution in [1.29, 1.82) is 0 Å². The topological polar surface area (TPSA) is 25.8 Å². The molecule has 9 aromatic rings. The van der Waals surface area contributed by atoms with Gasteiger partial charge >= 0.3 is 11.5 Å². The zero-order valence-corrected chi connectivity index (χ0v) is 38.9. The molecule has 0 bridgehead atoms. The highest BCUT2D eigenvalue weighted by Crippen LogP contribution is 2.53. The molecule has 1 atom stereocenters. The summed E-state index contributed by atoms with van der Waals surface area (Å²) < 4.78 is 15.2. The summed E-state index contributed by atoms with van der Waals surface area (Å²) in [5.41, 5.74) is 19.1. The first-order chi connectivity index (χ1) is 29.8. The molecule has 2 aliphatic heterocycles. The van der Waals surface area contributed by atoms with Crippen LogP contribution in [0, 0.1) is 12.8 Å². The first kappa shape index (κ1) is 38.8. The van der Waals surface area contributed by atoms with E-state index in [0.29, 0.717) is 5.92 Å². The van der Waals surface area contributed by atoms with Gasteiger partial charge in [0, 0.05) is 33.2 Å². The van der Waals surface area contributed by atoms with Gasteiger partial charge in [-0.15, -0.1) is 9.13 Å². The van der Waals surface area contributed by atoms with E-state index in [1.807, 2.05) is 0 Å². The fourth-order valence-electron chi connectivity index (χ4n) is 11.1. The molecule has 0 N–H and O–H groups in total. The summed E-state index contributed by atoms with van der Waals surface area (Å²) in [5.74, 6) is 2.23. The van der Waals surface area contributed by atoms with Gasteiger partial charge in [0.05, 0.1) is 24.8 Å². The quantitative estimate of drug-likeness (QED) is 0.116. The lowest BCUT2D eigenvalue weighted by atomic mass is 9.87. The minimum Gasteiger partial charge on any atom is -0.455 e. The number of para-hydroxylation sites is 3. The molecular formula is C57H57N3OSi+2. The van der Waals surface area contributed by atoms with Crippen LogP contribution in [-0.4, -0.2) is 12.6 Å². The number of fused-ring (bicyclic) bond motifs is 16. The normalized spacial score (nSPS) is 15.5. The van der Waals surface area contributed by atoms with Crippen LogP contribution >= 0.6 is 0 Å². The van der Waals surface area contributed by atoms with E-state index in [2.05, 4.69) is 215 Å². The lowest BCUT2D eigenvalue weighted by molar-refractivity contribution is -0.944. The van der Waals surface area contributed by atoms with Gasteiger partial charge in [-0.1, -0.05) is 133 Å². The zero-order chi connectivity index (χ0) is 43.0. The molecule has 62 heavy (non-hydrogen) atoms. The number of benzene rings is 6. The minimum atomic E-state index is -1.85. The van der Waals surface area contributed by atoms with E-state index in [-0.39, 0.29) is 11.8 Å². The van der Waals surface area contributed by atoms with Gasteiger partial charge in [0.15, 0.2) is 22.8 Å². The lowest BCUT2D eigenvalue weighted by Gasteiger charge is -2.24. The van der Waals surface area contributed by atoms with E-state index in [1.54, 1.807) is 0 Å². The van der Waals surface area contributed by atoms with E-state index in [0.717, 1.165) is 34.2 Å². The summed E-state index contributed by atoms with van der Waals surface area (Å²) in [7, 11) is -1.85. The molecule has 0 saturated carbocycles. The maximum atomic E-state index is 7.18. The van der Waals surface area contributed by atoms with Crippen molar-refractivity contribution in [2.45, 2.75) is 92.0 Å². The van der Waals surface area contributed by atoms with Crippen molar-refractivity contribution in [3.63, 3.8) is 0 Å². The van der Waals surface area contributed by atoms with Crippen LogP contribution in [0.3, 0.4) is 0 Å². The van der Waals surface area contributed by atoms with Gasteiger partial charge in [-0.2, -0.15) is 4.57 Å². The van der Waals surface area contributed by atoms with Crippen LogP contribution in [0.2, 0.25) is 19.6 Å². The molecule has 6 aromatic carbocycles. The summed E-state index contributed by atoms with van der Waals surface area (Å²) in [6, 6.07) is 48.1. The van der Waals surface area contributed by atoms with Crippen LogP contribution in [0.4, 0.5) is 0 Å². The Bertz CT molecular complexity index is 3270. The Kier molecular flexibility index (Phi) is 8.60. The van der Waals surface area contributed by atoms with Gasteiger partial charge in [0.25, 0.3) is 0 Å². The predicted molar refractivity (Wildman–Crippen MR) is 260 cm³/mol. The number of furan rings is 1. The van der Waals surface area contributed by atoms with Crippen LogP contribution < -0.4 is 14.3 Å². The first-order valence-electron chi connectivity index (χ1n) is 22.7. The van der Waals surface area contributed by atoms with Crippen molar-refractivity contribution in [1.82, 2.24) is 4.57 Å². The Morgan fingerprint density at radius 3 is 2.06 bits per heavy atom. The molecule has 0 amide bonds. The highest BCUT2D eigenvalue weighted by atomic mass is 28.3. The molecule has 0 fully saturated rings. The minimum absolute atomic E-state index is 0.258. The third kappa shape index (κ3) is 5.36. The molecule has 11 rings (SSSR count). The van der Waals surface area contributed by atoms with Crippen molar-refractivity contribution < 1.29 is 13.6 Å². The number of nitrogens with zero attached hydrogens (tertiary/aromatic N) is 3. The maximum Gasteiger partial charge on any atom is 0.364 e. The highest BCUT2D eigenvalue weighted by Gasteiger charge is 2.67. The first-order valence-corrected chi connectivity index (χ1v) is 26.2. The summed E-state index contributed by atoms with van der Waals surface area (Å²) in [6.45, 7) is 24.0. The van der Waals surface area contributed by atoms with Gasteiger partial charge in [-0.05, 0) is 102 Å². The van der Waals surface area contributed by atoms with Crippen molar-refractivity contribution in [3.8, 4) is 39.5 Å². The Hall–Kier alpha value is -6.04. The Morgan fingerprint density at radius 1 is 0.677 bits per heavy atom. The van der Waals surface area contributed by atoms with Crippen molar-refractivity contribution >= 4 is 46.2 Å². The van der Waals surface area contributed by atoms with E-state index >= 15 is 0 Å². The van der Waals surface area contributed by atoms with Gasteiger partial charge < -0.3 is 4.42 Å². The van der Waals surface area contributed by atoms with E-state index in [1.165, 1.54) is 83.2 Å². The second-order valence-corrected chi connectivity index (χ2v) is 25.2. The van der Waals surface area contributed by atoms with E-state index in [4.69, 9.17) is 4.42 Å². The standard InChI is InChI=1S/C57H57N3OSi/c1-34(2)28-40-32-50-45-29-37(7)24-26-46(45)57(58(50)33-52(40)62(8,9)10)47-27-25-42-41-20-14-17-23-51(41)61-55(42)53(47)56-59(48-21-15-16-22-49(48)60(56)57)54-43(35(3)4)30-39(31-44(54)36(5)6)38-18-12-11-13-19-38/h11-27,29-36H,28H2,1-10H3/q+2. The Balaban J connectivity index is 1.38. The number of imidazole rings is 1. The number of pyridine rings is 1. The molecule has 4 nitrogen and oxygen atoms in total. The molecule has 0 aliphatic carbocycles. The second kappa shape index (κ2) is 13.7. The highest BCUT2D eigenvalue weighted by molar-refractivity contribution is 6.89. The number of hydrogen-bond donors (Lipinski definition) is 0. The molecule has 0 radical (unpaired) electrons. The molecule has 1 spiro atoms. The summed E-state index contributed by atoms with van der Waals surface area (Å²) >= 11 is 0. The van der Waals surface area contributed by atoms with Crippen LogP contribution in [0.15, 0.2) is 138 Å². The third-order valence-corrected chi connectivity index (χ3v) is 15.9. The maximum absolute atomic E-state index is 7.18. The van der Waals surface area contributed by atoms with E-state index in [9.17, 15) is 0 Å². The number of rotatable bonds is 7. The average molecular weight is 828 g/mol. The zero-order valence-electron chi connectivity index (χ0n) is 37.9. The van der Waals surface area contributed by atoms with Crippen LogP contribution in [0.5, 0.6) is 0 Å². The van der Waals surface area contributed by atoms with Gasteiger partial charge in [0.2, 0.25) is 5.69 Å². The summed E-state index contributed by atoms with van der Waals surface area (Å²) in [6.07, 6.45) is 3.66. The summed E-state index contributed by atoms with van der Waals surface area (Å²) in [5, 5.41) is 3.83. The largest absolute Gasteiger partial charge is 0.455 e. The average Bonchev–Trinajstić information content (AvgIpc) is 3.95.